The van der Waals surface area contributed by atoms with Crippen molar-refractivity contribution in [1.29, 1.82) is 0 Å². The van der Waals surface area contributed by atoms with Crippen LogP contribution in [0, 0.1) is 12.7 Å². The molecule has 0 bridgehead atoms. The zero-order chi connectivity index (χ0) is 10.2. The van der Waals surface area contributed by atoms with Gasteiger partial charge in [0, 0.05) is 11.1 Å². The standard InChI is InChI=1S/C10H12BrFO/c1-5(2)7-4-8(12)6(3)9(11)10(7)13/h4-5,13H,1-3H3. The van der Waals surface area contributed by atoms with Gasteiger partial charge < -0.3 is 5.11 Å². The molecule has 0 aliphatic rings. The molecule has 0 saturated heterocycles. The number of aromatic hydroxyl groups is 1. The molecule has 72 valence electrons. The molecule has 0 radical (unpaired) electrons. The molecule has 1 nitrogen and oxygen atoms in total. The van der Waals surface area contributed by atoms with Gasteiger partial charge in [0.15, 0.2) is 0 Å². The van der Waals surface area contributed by atoms with Crippen LogP contribution in [0.5, 0.6) is 5.75 Å². The molecule has 13 heavy (non-hydrogen) atoms. The molecule has 0 heterocycles. The third kappa shape index (κ3) is 1.85. The summed E-state index contributed by atoms with van der Waals surface area (Å²) in [4.78, 5) is 0. The van der Waals surface area contributed by atoms with E-state index in [1.54, 1.807) is 6.92 Å². The van der Waals surface area contributed by atoms with Crippen molar-refractivity contribution in [1.82, 2.24) is 0 Å². The van der Waals surface area contributed by atoms with Crippen molar-refractivity contribution in [3.8, 4) is 5.75 Å². The van der Waals surface area contributed by atoms with Gasteiger partial charge in [-0.1, -0.05) is 13.8 Å². The quantitative estimate of drug-likeness (QED) is 0.801. The third-order valence-corrected chi connectivity index (χ3v) is 3.04. The Kier molecular flexibility index (Phi) is 2.96. The zero-order valence-corrected chi connectivity index (χ0v) is 9.44. The zero-order valence-electron chi connectivity index (χ0n) is 7.86. The van der Waals surface area contributed by atoms with E-state index in [0.717, 1.165) is 0 Å². The maximum atomic E-state index is 13.2. The van der Waals surface area contributed by atoms with Gasteiger partial charge in [-0.15, -0.1) is 0 Å². The van der Waals surface area contributed by atoms with E-state index in [9.17, 15) is 9.50 Å². The molecule has 1 N–H and O–H groups in total. The van der Waals surface area contributed by atoms with Crippen LogP contribution in [-0.2, 0) is 0 Å². The summed E-state index contributed by atoms with van der Waals surface area (Å²) in [6.07, 6.45) is 0. The predicted molar refractivity (Wildman–Crippen MR) is 54.6 cm³/mol. The van der Waals surface area contributed by atoms with Crippen LogP contribution in [-0.4, -0.2) is 5.11 Å². The average molecular weight is 247 g/mol. The van der Waals surface area contributed by atoms with Crippen LogP contribution < -0.4 is 0 Å². The monoisotopic (exact) mass is 246 g/mol. The minimum absolute atomic E-state index is 0.117. The number of hydrogen-bond acceptors (Lipinski definition) is 1. The molecule has 0 fully saturated rings. The molecule has 3 heteroatoms. The van der Waals surface area contributed by atoms with Crippen molar-refractivity contribution >= 4 is 15.9 Å². The van der Waals surface area contributed by atoms with E-state index in [-0.39, 0.29) is 17.5 Å². The molecular formula is C10H12BrFO. The third-order valence-electron chi connectivity index (χ3n) is 2.07. The first kappa shape index (κ1) is 10.5. The Morgan fingerprint density at radius 2 is 2.00 bits per heavy atom. The van der Waals surface area contributed by atoms with Crippen molar-refractivity contribution in [3.05, 3.63) is 27.5 Å². The second-order valence-corrected chi connectivity index (χ2v) is 4.18. The van der Waals surface area contributed by atoms with E-state index in [1.807, 2.05) is 13.8 Å². The van der Waals surface area contributed by atoms with E-state index >= 15 is 0 Å². The first-order valence-corrected chi connectivity index (χ1v) is 4.92. The van der Waals surface area contributed by atoms with Gasteiger partial charge in [-0.3, -0.25) is 0 Å². The van der Waals surface area contributed by atoms with Crippen LogP contribution in [0.2, 0.25) is 0 Å². The van der Waals surface area contributed by atoms with Crippen molar-refractivity contribution in [2.75, 3.05) is 0 Å². The maximum Gasteiger partial charge on any atom is 0.133 e. The molecule has 0 atom stereocenters. The van der Waals surface area contributed by atoms with E-state index < -0.39 is 0 Å². The number of phenols is 1. The minimum Gasteiger partial charge on any atom is -0.506 e. The Morgan fingerprint density at radius 1 is 1.46 bits per heavy atom. The van der Waals surface area contributed by atoms with Gasteiger partial charge in [0.2, 0.25) is 0 Å². The molecule has 0 unspecified atom stereocenters. The highest BCUT2D eigenvalue weighted by Crippen LogP contribution is 2.36. The lowest BCUT2D eigenvalue weighted by Gasteiger charge is -2.12. The SMILES string of the molecule is Cc1c(F)cc(C(C)C)c(O)c1Br. The van der Waals surface area contributed by atoms with Gasteiger partial charge in [-0.25, -0.2) is 4.39 Å². The van der Waals surface area contributed by atoms with Crippen molar-refractivity contribution < 1.29 is 9.50 Å². The fourth-order valence-corrected chi connectivity index (χ4v) is 1.58. The normalized spacial score (nSPS) is 10.9. The molecule has 1 rings (SSSR count). The van der Waals surface area contributed by atoms with E-state index in [2.05, 4.69) is 15.9 Å². The highest BCUT2D eigenvalue weighted by molar-refractivity contribution is 9.10. The summed E-state index contributed by atoms with van der Waals surface area (Å²) in [6.45, 7) is 5.45. The summed E-state index contributed by atoms with van der Waals surface area (Å²) in [5, 5.41) is 9.66. The highest BCUT2D eigenvalue weighted by Gasteiger charge is 2.14. The van der Waals surface area contributed by atoms with Gasteiger partial charge in [0.25, 0.3) is 0 Å². The molecule has 0 amide bonds. The summed E-state index contributed by atoms with van der Waals surface area (Å²) in [5.41, 5.74) is 1.08. The molecular weight excluding hydrogens is 235 g/mol. The molecule has 1 aromatic rings. The van der Waals surface area contributed by atoms with Crippen molar-refractivity contribution in [2.45, 2.75) is 26.7 Å². The lowest BCUT2D eigenvalue weighted by molar-refractivity contribution is 0.457. The molecule has 0 aromatic heterocycles. The second-order valence-electron chi connectivity index (χ2n) is 3.39. The lowest BCUT2D eigenvalue weighted by Crippen LogP contribution is -1.94. The van der Waals surface area contributed by atoms with E-state index in [1.165, 1.54) is 6.07 Å². The van der Waals surface area contributed by atoms with Gasteiger partial charge in [-0.05, 0) is 34.8 Å². The lowest BCUT2D eigenvalue weighted by atomic mass is 10.0. The average Bonchev–Trinajstić information content (AvgIpc) is 2.07. The van der Waals surface area contributed by atoms with Gasteiger partial charge in [-0.2, -0.15) is 0 Å². The summed E-state index contributed by atoms with van der Waals surface area (Å²) < 4.78 is 13.7. The number of phenolic OH excluding ortho intramolecular Hbond substituents is 1. The van der Waals surface area contributed by atoms with Crippen molar-refractivity contribution in [2.24, 2.45) is 0 Å². The number of rotatable bonds is 1. The maximum absolute atomic E-state index is 13.2. The Balaban J connectivity index is 3.41. The van der Waals surface area contributed by atoms with Crippen LogP contribution >= 0.6 is 15.9 Å². The molecule has 0 aliphatic heterocycles. The van der Waals surface area contributed by atoms with Crippen molar-refractivity contribution in [3.63, 3.8) is 0 Å². The second kappa shape index (κ2) is 3.66. The Hall–Kier alpha value is -0.570. The Morgan fingerprint density at radius 3 is 2.46 bits per heavy atom. The molecule has 0 aliphatic carbocycles. The Labute approximate surface area is 85.7 Å². The van der Waals surface area contributed by atoms with Crippen LogP contribution in [0.4, 0.5) is 4.39 Å². The summed E-state index contributed by atoms with van der Waals surface area (Å²) in [7, 11) is 0. The smallest absolute Gasteiger partial charge is 0.133 e. The summed E-state index contributed by atoms with van der Waals surface area (Å²) in [6, 6.07) is 1.39. The molecule has 0 spiro atoms. The topological polar surface area (TPSA) is 20.2 Å². The number of hydrogen-bond donors (Lipinski definition) is 1. The predicted octanol–water partition coefficient (Wildman–Crippen LogP) is 3.73. The van der Waals surface area contributed by atoms with E-state index in [4.69, 9.17) is 0 Å². The minimum atomic E-state index is -0.284. The summed E-state index contributed by atoms with van der Waals surface area (Å²) in [5.74, 6) is -0.0197. The van der Waals surface area contributed by atoms with Gasteiger partial charge >= 0.3 is 0 Å². The molecule has 1 aromatic carbocycles. The summed E-state index contributed by atoms with van der Waals surface area (Å²) >= 11 is 3.16. The van der Waals surface area contributed by atoms with E-state index in [0.29, 0.717) is 15.6 Å². The molecule has 0 saturated carbocycles. The van der Waals surface area contributed by atoms with Crippen LogP contribution in [0.25, 0.3) is 0 Å². The van der Waals surface area contributed by atoms with Crippen LogP contribution in [0.15, 0.2) is 10.5 Å². The first-order chi connectivity index (χ1) is 5.95. The fourth-order valence-electron chi connectivity index (χ4n) is 1.16. The van der Waals surface area contributed by atoms with Gasteiger partial charge in [0.05, 0.1) is 4.47 Å². The number of halogens is 2. The van der Waals surface area contributed by atoms with Crippen LogP contribution in [0.3, 0.4) is 0 Å². The number of benzene rings is 1. The van der Waals surface area contributed by atoms with Gasteiger partial charge in [0.1, 0.15) is 11.6 Å². The van der Waals surface area contributed by atoms with Crippen LogP contribution in [0.1, 0.15) is 30.9 Å². The Bertz CT molecular complexity index is 334. The first-order valence-electron chi connectivity index (χ1n) is 4.12. The highest BCUT2D eigenvalue weighted by atomic mass is 79.9. The fraction of sp³-hybridized carbons (Fsp3) is 0.400. The largest absolute Gasteiger partial charge is 0.506 e.